The van der Waals surface area contributed by atoms with Gasteiger partial charge in [0.1, 0.15) is 12.2 Å². The number of rotatable bonds is 3. The van der Waals surface area contributed by atoms with Gasteiger partial charge in [0.05, 0.1) is 17.8 Å². The summed E-state index contributed by atoms with van der Waals surface area (Å²) in [4.78, 5) is 24.6. The Bertz CT molecular complexity index is 821. The SMILES string of the molecule is CC(=O)O[C@H]1[C@H]2[C@@H](CC=C3C[C@@H](O)CC[C@@]32C)[C@@]2(O)CC[C@H]([C@H](C)O)[C@@]2(C)[C@@H]1OC(C)=O. The highest BCUT2D eigenvalue weighted by atomic mass is 16.6. The minimum absolute atomic E-state index is 0.212. The van der Waals surface area contributed by atoms with E-state index < -0.39 is 47.4 Å². The number of carbonyl (C=O) groups is 2. The van der Waals surface area contributed by atoms with Gasteiger partial charge in [-0.05, 0) is 62.7 Å². The van der Waals surface area contributed by atoms with Gasteiger partial charge in [0, 0.05) is 25.2 Å². The van der Waals surface area contributed by atoms with E-state index in [9.17, 15) is 24.9 Å². The van der Waals surface area contributed by atoms with E-state index in [1.165, 1.54) is 13.8 Å². The second-order valence-electron chi connectivity index (χ2n) is 11.1. The molecule has 0 saturated heterocycles. The van der Waals surface area contributed by atoms with Gasteiger partial charge in [-0.2, -0.15) is 0 Å². The Kier molecular flexibility index (Phi) is 5.79. The van der Waals surface area contributed by atoms with E-state index in [1.54, 1.807) is 6.92 Å². The van der Waals surface area contributed by atoms with Gasteiger partial charge in [0.2, 0.25) is 0 Å². The molecule has 0 unspecified atom stereocenters. The first-order valence-electron chi connectivity index (χ1n) is 12.0. The van der Waals surface area contributed by atoms with Crippen LogP contribution in [-0.4, -0.2) is 57.3 Å². The average Bonchev–Trinajstić information content (AvgIpc) is 2.97. The summed E-state index contributed by atoms with van der Waals surface area (Å²) in [7, 11) is 0. The molecule has 7 nitrogen and oxygen atoms in total. The Morgan fingerprint density at radius 2 is 1.78 bits per heavy atom. The van der Waals surface area contributed by atoms with E-state index in [1.807, 2.05) is 6.92 Å². The van der Waals surface area contributed by atoms with Crippen molar-refractivity contribution >= 4 is 11.9 Å². The second kappa shape index (κ2) is 7.81. The first-order chi connectivity index (χ1) is 14.9. The number of allylic oxidation sites excluding steroid dienone is 1. The summed E-state index contributed by atoms with van der Waals surface area (Å²) in [6, 6.07) is 0. The minimum atomic E-state index is -1.18. The molecule has 32 heavy (non-hydrogen) atoms. The topological polar surface area (TPSA) is 113 Å². The molecule has 0 spiro atoms. The van der Waals surface area contributed by atoms with Gasteiger partial charge in [0.15, 0.2) is 0 Å². The van der Waals surface area contributed by atoms with E-state index >= 15 is 0 Å². The van der Waals surface area contributed by atoms with Gasteiger partial charge in [-0.1, -0.05) is 25.5 Å². The van der Waals surface area contributed by atoms with Crippen molar-refractivity contribution in [3.63, 3.8) is 0 Å². The molecule has 0 aromatic carbocycles. The molecule has 10 atom stereocenters. The van der Waals surface area contributed by atoms with Crippen LogP contribution in [0.4, 0.5) is 0 Å². The van der Waals surface area contributed by atoms with Crippen molar-refractivity contribution in [1.82, 2.24) is 0 Å². The molecule has 180 valence electrons. The van der Waals surface area contributed by atoms with Gasteiger partial charge < -0.3 is 24.8 Å². The van der Waals surface area contributed by atoms with Crippen LogP contribution in [-0.2, 0) is 19.1 Å². The normalized spacial score (nSPS) is 48.6. The summed E-state index contributed by atoms with van der Waals surface area (Å²) in [6.07, 6.45) is 3.04. The van der Waals surface area contributed by atoms with Gasteiger partial charge in [-0.25, -0.2) is 0 Å². The van der Waals surface area contributed by atoms with E-state index in [0.29, 0.717) is 38.5 Å². The molecule has 4 rings (SSSR count). The van der Waals surface area contributed by atoms with Crippen LogP contribution in [0.5, 0.6) is 0 Å². The molecule has 3 fully saturated rings. The number of aliphatic hydroxyl groups is 3. The summed E-state index contributed by atoms with van der Waals surface area (Å²) in [5.41, 5.74) is -1.41. The molecule has 0 heterocycles. The largest absolute Gasteiger partial charge is 0.458 e. The van der Waals surface area contributed by atoms with Crippen molar-refractivity contribution in [2.45, 2.75) is 103 Å². The molecular weight excluding hydrogens is 412 g/mol. The van der Waals surface area contributed by atoms with E-state index in [4.69, 9.17) is 9.47 Å². The van der Waals surface area contributed by atoms with Gasteiger partial charge in [-0.3, -0.25) is 9.59 Å². The quantitative estimate of drug-likeness (QED) is 0.447. The van der Waals surface area contributed by atoms with Crippen LogP contribution < -0.4 is 0 Å². The molecule has 0 amide bonds. The maximum Gasteiger partial charge on any atom is 0.303 e. The first kappa shape index (κ1) is 23.7. The Balaban J connectivity index is 1.92. The van der Waals surface area contributed by atoms with Crippen molar-refractivity contribution < 1.29 is 34.4 Å². The summed E-state index contributed by atoms with van der Waals surface area (Å²) < 4.78 is 11.9. The maximum absolute atomic E-state index is 12.4. The highest BCUT2D eigenvalue weighted by Gasteiger charge is 2.75. The van der Waals surface area contributed by atoms with Crippen LogP contribution >= 0.6 is 0 Å². The Hall–Kier alpha value is -1.44. The van der Waals surface area contributed by atoms with E-state index in [-0.39, 0.29) is 23.2 Å². The number of hydrogen-bond acceptors (Lipinski definition) is 7. The number of carbonyl (C=O) groups excluding carboxylic acids is 2. The fourth-order valence-corrected chi connectivity index (χ4v) is 8.13. The number of aliphatic hydroxyl groups excluding tert-OH is 2. The lowest BCUT2D eigenvalue weighted by molar-refractivity contribution is -0.279. The van der Waals surface area contributed by atoms with Gasteiger partial charge in [0.25, 0.3) is 0 Å². The fraction of sp³-hybridized carbons (Fsp3) is 0.840. The van der Waals surface area contributed by atoms with Crippen LogP contribution in [0.3, 0.4) is 0 Å². The lowest BCUT2D eigenvalue weighted by Crippen LogP contribution is -2.72. The lowest BCUT2D eigenvalue weighted by Gasteiger charge is -2.65. The highest BCUT2D eigenvalue weighted by Crippen LogP contribution is 2.69. The summed E-state index contributed by atoms with van der Waals surface area (Å²) >= 11 is 0. The zero-order chi connectivity index (χ0) is 23.6. The molecule has 0 radical (unpaired) electrons. The average molecular weight is 451 g/mol. The summed E-state index contributed by atoms with van der Waals surface area (Å²) in [6.45, 7) is 8.43. The van der Waals surface area contributed by atoms with Crippen molar-refractivity contribution in [3.8, 4) is 0 Å². The summed E-state index contributed by atoms with van der Waals surface area (Å²) in [5.74, 6) is -1.73. The van der Waals surface area contributed by atoms with E-state index in [2.05, 4.69) is 13.0 Å². The zero-order valence-corrected chi connectivity index (χ0v) is 19.8. The first-order valence-corrected chi connectivity index (χ1v) is 12.0. The Labute approximate surface area is 190 Å². The molecule has 4 aliphatic rings. The third kappa shape index (κ3) is 3.18. The summed E-state index contributed by atoms with van der Waals surface area (Å²) in [5, 5.41) is 33.3. The third-order valence-electron chi connectivity index (χ3n) is 9.55. The molecule has 3 N–H and O–H groups in total. The predicted molar refractivity (Wildman–Crippen MR) is 116 cm³/mol. The smallest absolute Gasteiger partial charge is 0.303 e. The fourth-order valence-electron chi connectivity index (χ4n) is 8.13. The standard InChI is InChI=1S/C25H38O7/c1-13(26)18-9-11-25(30)19-7-6-16-12-17(29)8-10-23(16,4)20(19)21(31-14(2)27)22(24(18,25)5)32-15(3)28/h6,13,17-22,26,29-30H,7-12H2,1-5H3/t13-,17-,18+,19+,20+,21-,22+,23-,24-,25-/m0/s1. The third-order valence-corrected chi connectivity index (χ3v) is 9.55. The van der Waals surface area contributed by atoms with Crippen LogP contribution in [0.2, 0.25) is 0 Å². The zero-order valence-electron chi connectivity index (χ0n) is 19.8. The van der Waals surface area contributed by atoms with Crippen molar-refractivity contribution in [3.05, 3.63) is 11.6 Å². The highest BCUT2D eigenvalue weighted by molar-refractivity contribution is 5.67. The maximum atomic E-state index is 12.4. The number of hydrogen-bond donors (Lipinski definition) is 3. The molecule has 0 aromatic rings. The molecule has 3 saturated carbocycles. The predicted octanol–water partition coefficient (Wildman–Crippen LogP) is 2.51. The van der Waals surface area contributed by atoms with Crippen LogP contribution in [0.15, 0.2) is 11.6 Å². The molecule has 0 aliphatic heterocycles. The minimum Gasteiger partial charge on any atom is -0.458 e. The Morgan fingerprint density at radius 1 is 1.12 bits per heavy atom. The second-order valence-corrected chi connectivity index (χ2v) is 11.1. The molecule has 7 heteroatoms. The van der Waals surface area contributed by atoms with Crippen molar-refractivity contribution in [2.24, 2.45) is 28.6 Å². The molecular formula is C25H38O7. The number of fused-ring (bicyclic) bond motifs is 5. The van der Waals surface area contributed by atoms with Crippen LogP contribution in [0.25, 0.3) is 0 Å². The van der Waals surface area contributed by atoms with Gasteiger partial charge >= 0.3 is 11.9 Å². The number of esters is 2. The van der Waals surface area contributed by atoms with Gasteiger partial charge in [-0.15, -0.1) is 0 Å². The molecule has 0 aromatic heterocycles. The van der Waals surface area contributed by atoms with Crippen molar-refractivity contribution in [2.75, 3.05) is 0 Å². The Morgan fingerprint density at radius 3 is 2.38 bits per heavy atom. The lowest BCUT2D eigenvalue weighted by atomic mass is 9.43. The van der Waals surface area contributed by atoms with E-state index in [0.717, 1.165) is 5.57 Å². The number of ether oxygens (including phenoxy) is 2. The van der Waals surface area contributed by atoms with Crippen LogP contribution in [0.1, 0.15) is 73.1 Å². The van der Waals surface area contributed by atoms with Crippen molar-refractivity contribution in [1.29, 1.82) is 0 Å². The monoisotopic (exact) mass is 450 g/mol. The molecule has 4 aliphatic carbocycles. The molecule has 0 bridgehead atoms. The van der Waals surface area contributed by atoms with Crippen LogP contribution in [0, 0.1) is 28.6 Å².